The highest BCUT2D eigenvalue weighted by molar-refractivity contribution is 5.75. The molecule has 0 amide bonds. The number of aliphatic hydroxyl groups is 2. The van der Waals surface area contributed by atoms with Gasteiger partial charge in [-0.3, -0.25) is 0 Å². The van der Waals surface area contributed by atoms with Gasteiger partial charge in [0.15, 0.2) is 0 Å². The largest absolute Gasteiger partial charge is 0.389 e. The average molecular weight is 359 g/mol. The second kappa shape index (κ2) is 17.8. The predicted octanol–water partition coefficient (Wildman–Crippen LogP) is 4.99. The van der Waals surface area contributed by atoms with E-state index in [-0.39, 0.29) is 11.9 Å². The van der Waals surface area contributed by atoms with Gasteiger partial charge in [0.25, 0.3) is 0 Å². The Morgan fingerprint density at radius 2 is 1.38 bits per heavy atom. The van der Waals surface area contributed by atoms with Crippen LogP contribution in [0.15, 0.2) is 72.9 Å². The number of carbonyl (C=O) groups is 1. The first-order chi connectivity index (χ1) is 12.6. The maximum atomic E-state index is 10.8. The van der Waals surface area contributed by atoms with Gasteiger partial charge >= 0.3 is 0 Å². The summed E-state index contributed by atoms with van der Waals surface area (Å²) in [6.07, 6.45) is 26.6. The zero-order chi connectivity index (χ0) is 19.5. The first-order valence-electron chi connectivity index (χ1n) is 9.38. The van der Waals surface area contributed by atoms with Crippen LogP contribution in [-0.2, 0) is 4.79 Å². The summed E-state index contributed by atoms with van der Waals surface area (Å²) in [4.78, 5) is 10.8. The summed E-state index contributed by atoms with van der Waals surface area (Å²) in [5.74, 6) is 0.217. The van der Waals surface area contributed by atoms with Gasteiger partial charge in [-0.05, 0) is 39.0 Å². The molecule has 0 saturated carbocycles. The SMILES string of the molecule is CCC(O)/C=C/C=C\C/C=C\C=C/C(O)C/C=C\C/C=C\CCC(C)=O. The fraction of sp³-hybridized carbons (Fsp3) is 0.435. The number of Topliss-reactive ketones (excluding diaryl/α,β-unsaturated/α-hetero) is 1. The monoisotopic (exact) mass is 358 g/mol. The molecule has 0 rings (SSSR count). The summed E-state index contributed by atoms with van der Waals surface area (Å²) >= 11 is 0. The average Bonchev–Trinajstić information content (AvgIpc) is 2.61. The number of hydrogen-bond acceptors (Lipinski definition) is 3. The molecule has 0 fully saturated rings. The fourth-order valence-electron chi connectivity index (χ4n) is 1.90. The zero-order valence-corrected chi connectivity index (χ0v) is 16.1. The molecule has 0 radical (unpaired) electrons. The van der Waals surface area contributed by atoms with Crippen LogP contribution in [0.2, 0.25) is 0 Å². The molecule has 0 aromatic carbocycles. The second-order valence-electron chi connectivity index (χ2n) is 6.06. The summed E-state index contributed by atoms with van der Waals surface area (Å²) in [5.41, 5.74) is 0. The zero-order valence-electron chi connectivity index (χ0n) is 16.1. The molecule has 144 valence electrons. The standard InChI is InChI=1S/C23H34O3/c1-3-22(25)18-14-10-5-4-6-11-15-19-23(26)20-16-12-8-7-9-13-17-21(2)24/h5-7,9-12,14-16,18-19,22-23,25-26H,3-4,8,13,17,20H2,1-2H3/b9-7-,10-5-,11-6-,16-12-,18-14+,19-15-. The molecule has 0 bridgehead atoms. The predicted molar refractivity (Wildman–Crippen MR) is 111 cm³/mol. The van der Waals surface area contributed by atoms with Crippen molar-refractivity contribution in [3.8, 4) is 0 Å². The molecule has 0 aliphatic rings. The van der Waals surface area contributed by atoms with Crippen LogP contribution >= 0.6 is 0 Å². The van der Waals surface area contributed by atoms with E-state index in [1.54, 1.807) is 19.1 Å². The number of carbonyl (C=O) groups excluding carboxylic acids is 1. The third-order valence-electron chi connectivity index (χ3n) is 3.50. The molecule has 0 aliphatic heterocycles. The second-order valence-corrected chi connectivity index (χ2v) is 6.06. The Morgan fingerprint density at radius 1 is 0.808 bits per heavy atom. The van der Waals surface area contributed by atoms with E-state index in [0.717, 1.165) is 25.7 Å². The lowest BCUT2D eigenvalue weighted by molar-refractivity contribution is -0.116. The van der Waals surface area contributed by atoms with Crippen molar-refractivity contribution in [2.24, 2.45) is 0 Å². The summed E-state index contributed by atoms with van der Waals surface area (Å²) < 4.78 is 0. The minimum absolute atomic E-state index is 0.217. The highest BCUT2D eigenvalue weighted by Crippen LogP contribution is 1.99. The lowest BCUT2D eigenvalue weighted by Gasteiger charge is -1.98. The van der Waals surface area contributed by atoms with Gasteiger partial charge in [0.1, 0.15) is 5.78 Å². The number of aliphatic hydroxyl groups excluding tert-OH is 2. The Labute approximate surface area is 158 Å². The molecular formula is C23H34O3. The van der Waals surface area contributed by atoms with Crippen molar-refractivity contribution in [3.05, 3.63) is 72.9 Å². The molecule has 0 saturated heterocycles. The Morgan fingerprint density at radius 3 is 2.00 bits per heavy atom. The van der Waals surface area contributed by atoms with Crippen LogP contribution in [0.25, 0.3) is 0 Å². The summed E-state index contributed by atoms with van der Waals surface area (Å²) in [5, 5.41) is 19.2. The van der Waals surface area contributed by atoms with Gasteiger partial charge < -0.3 is 15.0 Å². The van der Waals surface area contributed by atoms with Crippen molar-refractivity contribution >= 4 is 5.78 Å². The fourth-order valence-corrected chi connectivity index (χ4v) is 1.90. The van der Waals surface area contributed by atoms with Crippen molar-refractivity contribution in [2.75, 3.05) is 0 Å². The highest BCUT2D eigenvalue weighted by atomic mass is 16.3. The smallest absolute Gasteiger partial charge is 0.130 e. The van der Waals surface area contributed by atoms with Gasteiger partial charge in [-0.25, -0.2) is 0 Å². The molecule has 26 heavy (non-hydrogen) atoms. The van der Waals surface area contributed by atoms with Gasteiger partial charge in [0, 0.05) is 6.42 Å². The van der Waals surface area contributed by atoms with Crippen LogP contribution in [0, 0.1) is 0 Å². The Balaban J connectivity index is 3.80. The molecule has 2 N–H and O–H groups in total. The molecule has 0 spiro atoms. The van der Waals surface area contributed by atoms with E-state index in [9.17, 15) is 15.0 Å². The topological polar surface area (TPSA) is 57.5 Å². The van der Waals surface area contributed by atoms with Crippen LogP contribution in [0.3, 0.4) is 0 Å². The summed E-state index contributed by atoms with van der Waals surface area (Å²) in [7, 11) is 0. The maximum Gasteiger partial charge on any atom is 0.130 e. The van der Waals surface area contributed by atoms with Crippen molar-refractivity contribution < 1.29 is 15.0 Å². The van der Waals surface area contributed by atoms with Crippen molar-refractivity contribution in [1.29, 1.82) is 0 Å². The van der Waals surface area contributed by atoms with Crippen LogP contribution in [0.1, 0.15) is 52.4 Å². The van der Waals surface area contributed by atoms with Crippen molar-refractivity contribution in [3.63, 3.8) is 0 Å². The molecule has 2 unspecified atom stereocenters. The molecule has 2 atom stereocenters. The van der Waals surface area contributed by atoms with Crippen LogP contribution < -0.4 is 0 Å². The molecule has 0 aromatic rings. The number of rotatable bonds is 14. The Hall–Kier alpha value is -1.97. The number of allylic oxidation sites excluding steroid dienone is 9. The van der Waals surface area contributed by atoms with E-state index in [4.69, 9.17) is 0 Å². The van der Waals surface area contributed by atoms with Crippen LogP contribution in [-0.4, -0.2) is 28.2 Å². The Bertz CT molecular complexity index is 522. The number of ketones is 1. The van der Waals surface area contributed by atoms with Crippen LogP contribution in [0.5, 0.6) is 0 Å². The minimum Gasteiger partial charge on any atom is -0.389 e. The molecule has 0 aromatic heterocycles. The number of hydrogen-bond donors (Lipinski definition) is 2. The molecule has 3 heteroatoms. The lowest BCUT2D eigenvalue weighted by Crippen LogP contribution is -1.98. The van der Waals surface area contributed by atoms with Gasteiger partial charge in [0.05, 0.1) is 12.2 Å². The molecule has 0 aliphatic carbocycles. The molecule has 0 heterocycles. The van der Waals surface area contributed by atoms with Crippen LogP contribution in [0.4, 0.5) is 0 Å². The quantitative estimate of drug-likeness (QED) is 0.339. The van der Waals surface area contributed by atoms with E-state index in [0.29, 0.717) is 12.8 Å². The third-order valence-corrected chi connectivity index (χ3v) is 3.50. The lowest BCUT2D eigenvalue weighted by atomic mass is 10.2. The third kappa shape index (κ3) is 18.4. The van der Waals surface area contributed by atoms with Crippen molar-refractivity contribution in [2.45, 2.75) is 64.6 Å². The van der Waals surface area contributed by atoms with E-state index < -0.39 is 6.10 Å². The van der Waals surface area contributed by atoms with E-state index >= 15 is 0 Å². The summed E-state index contributed by atoms with van der Waals surface area (Å²) in [6, 6.07) is 0. The van der Waals surface area contributed by atoms with E-state index in [1.807, 2.05) is 67.7 Å². The first kappa shape index (κ1) is 24.0. The molecular weight excluding hydrogens is 324 g/mol. The van der Waals surface area contributed by atoms with E-state index in [2.05, 4.69) is 0 Å². The normalized spacial score (nSPS) is 15.5. The van der Waals surface area contributed by atoms with E-state index in [1.165, 1.54) is 0 Å². The maximum absolute atomic E-state index is 10.8. The summed E-state index contributed by atoms with van der Waals surface area (Å²) in [6.45, 7) is 3.54. The van der Waals surface area contributed by atoms with Gasteiger partial charge in [-0.15, -0.1) is 0 Å². The van der Waals surface area contributed by atoms with Gasteiger partial charge in [-0.2, -0.15) is 0 Å². The van der Waals surface area contributed by atoms with Crippen molar-refractivity contribution in [1.82, 2.24) is 0 Å². The Kier molecular flexibility index (Phi) is 16.5. The molecule has 3 nitrogen and oxygen atoms in total. The minimum atomic E-state index is -0.480. The van der Waals surface area contributed by atoms with Gasteiger partial charge in [-0.1, -0.05) is 79.8 Å². The highest BCUT2D eigenvalue weighted by Gasteiger charge is 1.93. The van der Waals surface area contributed by atoms with Gasteiger partial charge in [0.2, 0.25) is 0 Å². The first-order valence-corrected chi connectivity index (χ1v) is 9.38.